The number of para-hydroxylation sites is 1. The fourth-order valence-corrected chi connectivity index (χ4v) is 1.82. The molecule has 1 aromatic carbocycles. The summed E-state index contributed by atoms with van der Waals surface area (Å²) in [5.74, 6) is 0.983. The van der Waals surface area contributed by atoms with Crippen LogP contribution in [0.4, 0.5) is 0 Å². The molecular formula is C11H10BrNO2. The minimum absolute atomic E-state index is 0.216. The number of hydrogen-bond acceptors (Lipinski definition) is 3. The molecule has 0 radical (unpaired) electrons. The minimum atomic E-state index is 0.216. The van der Waals surface area contributed by atoms with Crippen molar-refractivity contribution in [3.63, 3.8) is 0 Å². The predicted molar refractivity (Wildman–Crippen MR) is 60.7 cm³/mol. The smallest absolute Gasteiger partial charge is 0.264 e. The summed E-state index contributed by atoms with van der Waals surface area (Å²) in [6.45, 7) is 1.98. The average Bonchev–Trinajstić information content (AvgIpc) is 2.60. The van der Waals surface area contributed by atoms with Gasteiger partial charge in [-0.25, -0.2) is 4.98 Å². The molecule has 0 saturated carbocycles. The summed E-state index contributed by atoms with van der Waals surface area (Å²) in [6.07, 6.45) is 0.738. The normalized spacial score (nSPS) is 10.5. The highest BCUT2D eigenvalue weighted by atomic mass is 79.9. The van der Waals surface area contributed by atoms with Crippen molar-refractivity contribution in [3.8, 4) is 17.0 Å². The van der Waals surface area contributed by atoms with Gasteiger partial charge in [0.2, 0.25) is 0 Å². The Morgan fingerprint density at radius 3 is 2.80 bits per heavy atom. The van der Waals surface area contributed by atoms with Crippen LogP contribution < -0.4 is 0 Å². The Morgan fingerprint density at radius 2 is 2.13 bits per heavy atom. The van der Waals surface area contributed by atoms with Gasteiger partial charge in [0, 0.05) is 27.9 Å². The Labute approximate surface area is 95.9 Å². The Bertz CT molecular complexity index is 479. The van der Waals surface area contributed by atoms with Gasteiger partial charge in [-0.15, -0.1) is 0 Å². The monoisotopic (exact) mass is 267 g/mol. The highest BCUT2D eigenvalue weighted by Crippen LogP contribution is 2.32. The van der Waals surface area contributed by atoms with Crippen LogP contribution in [0, 0.1) is 0 Å². The lowest BCUT2D eigenvalue weighted by Gasteiger charge is -2.01. The number of phenols is 1. The molecule has 0 bridgehead atoms. The Hall–Kier alpha value is -1.29. The van der Waals surface area contributed by atoms with E-state index in [0.29, 0.717) is 16.1 Å². The van der Waals surface area contributed by atoms with E-state index in [1.807, 2.05) is 19.1 Å². The number of aryl methyl sites for hydroxylation is 1. The minimum Gasteiger partial charge on any atom is -0.507 e. The van der Waals surface area contributed by atoms with Gasteiger partial charge in [-0.2, -0.15) is 0 Å². The summed E-state index contributed by atoms with van der Waals surface area (Å²) in [6, 6.07) is 7.09. The van der Waals surface area contributed by atoms with Gasteiger partial charge < -0.3 is 9.52 Å². The first-order chi connectivity index (χ1) is 7.22. The largest absolute Gasteiger partial charge is 0.507 e. The number of aromatic hydroxyl groups is 1. The average molecular weight is 268 g/mol. The number of rotatable bonds is 2. The molecule has 0 atom stereocenters. The number of halogens is 1. The molecule has 1 heterocycles. The number of benzene rings is 1. The molecule has 3 nitrogen and oxygen atoms in total. The molecule has 2 rings (SSSR count). The molecular weight excluding hydrogens is 258 g/mol. The second-order valence-corrected chi connectivity index (χ2v) is 3.79. The van der Waals surface area contributed by atoms with Crippen molar-refractivity contribution >= 4 is 15.9 Å². The molecule has 2 aromatic rings. The zero-order chi connectivity index (χ0) is 10.8. The zero-order valence-corrected chi connectivity index (χ0v) is 9.78. The number of nitrogens with zero attached hydrogens (tertiary/aromatic N) is 1. The summed E-state index contributed by atoms with van der Waals surface area (Å²) in [5.41, 5.74) is 1.39. The quantitative estimate of drug-likeness (QED) is 0.908. The van der Waals surface area contributed by atoms with Gasteiger partial charge in [-0.3, -0.25) is 0 Å². The first-order valence-electron chi connectivity index (χ1n) is 4.66. The molecule has 1 aromatic heterocycles. The highest BCUT2D eigenvalue weighted by Gasteiger charge is 2.14. The van der Waals surface area contributed by atoms with Gasteiger partial charge in [0.15, 0.2) is 0 Å². The standard InChI is InChI=1S/C11H10BrNO2/c1-2-9-10(13-11(12)15-9)7-5-3-4-6-8(7)14/h3-6,14H,2H2,1H3. The van der Waals surface area contributed by atoms with E-state index in [1.54, 1.807) is 12.1 Å². The molecule has 0 unspecified atom stereocenters. The molecule has 0 saturated heterocycles. The van der Waals surface area contributed by atoms with Gasteiger partial charge >= 0.3 is 0 Å². The summed E-state index contributed by atoms with van der Waals surface area (Å²) in [7, 11) is 0. The van der Waals surface area contributed by atoms with Gasteiger partial charge in [0.1, 0.15) is 17.2 Å². The fraction of sp³-hybridized carbons (Fsp3) is 0.182. The van der Waals surface area contributed by atoms with E-state index in [9.17, 15) is 5.11 Å². The van der Waals surface area contributed by atoms with Crippen molar-refractivity contribution < 1.29 is 9.52 Å². The van der Waals surface area contributed by atoms with Crippen LogP contribution in [0.25, 0.3) is 11.3 Å². The van der Waals surface area contributed by atoms with E-state index >= 15 is 0 Å². The van der Waals surface area contributed by atoms with E-state index in [1.165, 1.54) is 0 Å². The van der Waals surface area contributed by atoms with Crippen LogP contribution in [0.5, 0.6) is 5.75 Å². The van der Waals surface area contributed by atoms with Gasteiger partial charge in [0.25, 0.3) is 4.80 Å². The molecule has 0 fully saturated rings. The predicted octanol–water partition coefficient (Wildman–Crippen LogP) is 3.37. The molecule has 1 N–H and O–H groups in total. The van der Waals surface area contributed by atoms with Crippen molar-refractivity contribution in [2.75, 3.05) is 0 Å². The summed E-state index contributed by atoms with van der Waals surface area (Å²) < 4.78 is 5.37. The lowest BCUT2D eigenvalue weighted by atomic mass is 10.1. The number of oxazole rings is 1. The zero-order valence-electron chi connectivity index (χ0n) is 8.20. The molecule has 15 heavy (non-hydrogen) atoms. The molecule has 78 valence electrons. The molecule has 0 amide bonds. The summed E-state index contributed by atoms with van der Waals surface area (Å²) in [5, 5.41) is 9.70. The lowest BCUT2D eigenvalue weighted by Crippen LogP contribution is -1.84. The third-order valence-corrected chi connectivity index (χ3v) is 2.49. The van der Waals surface area contributed by atoms with Crippen LogP contribution in [0.2, 0.25) is 0 Å². The molecule has 0 aliphatic rings. The first-order valence-corrected chi connectivity index (χ1v) is 5.45. The van der Waals surface area contributed by atoms with Crippen LogP contribution >= 0.6 is 15.9 Å². The molecule has 4 heteroatoms. The summed E-state index contributed by atoms with van der Waals surface area (Å²) in [4.78, 5) is 4.64. The lowest BCUT2D eigenvalue weighted by molar-refractivity contribution is 0.475. The Morgan fingerprint density at radius 1 is 1.40 bits per heavy atom. The van der Waals surface area contributed by atoms with E-state index in [4.69, 9.17) is 4.42 Å². The maximum Gasteiger partial charge on any atom is 0.264 e. The van der Waals surface area contributed by atoms with Crippen molar-refractivity contribution in [3.05, 3.63) is 34.8 Å². The van der Waals surface area contributed by atoms with Crippen LogP contribution in [0.1, 0.15) is 12.7 Å². The van der Waals surface area contributed by atoms with Crippen molar-refractivity contribution in [2.45, 2.75) is 13.3 Å². The van der Waals surface area contributed by atoms with Crippen LogP contribution in [0.3, 0.4) is 0 Å². The van der Waals surface area contributed by atoms with Crippen LogP contribution in [-0.4, -0.2) is 10.1 Å². The van der Waals surface area contributed by atoms with Gasteiger partial charge in [-0.05, 0) is 12.1 Å². The second-order valence-electron chi connectivity index (χ2n) is 3.11. The number of hydrogen-bond donors (Lipinski definition) is 1. The van der Waals surface area contributed by atoms with Gasteiger partial charge in [-0.1, -0.05) is 19.1 Å². The van der Waals surface area contributed by atoms with E-state index < -0.39 is 0 Å². The van der Waals surface area contributed by atoms with Crippen molar-refractivity contribution in [1.29, 1.82) is 0 Å². The van der Waals surface area contributed by atoms with Crippen molar-refractivity contribution in [1.82, 2.24) is 4.98 Å². The topological polar surface area (TPSA) is 46.3 Å². The fourth-order valence-electron chi connectivity index (χ4n) is 1.45. The maximum atomic E-state index is 9.70. The summed E-state index contributed by atoms with van der Waals surface area (Å²) >= 11 is 3.19. The second kappa shape index (κ2) is 4.06. The number of aromatic nitrogens is 1. The maximum absolute atomic E-state index is 9.70. The molecule has 0 aliphatic carbocycles. The molecule has 0 spiro atoms. The third kappa shape index (κ3) is 1.90. The van der Waals surface area contributed by atoms with Crippen LogP contribution in [0.15, 0.2) is 33.5 Å². The van der Waals surface area contributed by atoms with E-state index in [2.05, 4.69) is 20.9 Å². The number of phenolic OH excluding ortho intramolecular Hbond substituents is 1. The molecule has 0 aliphatic heterocycles. The highest BCUT2D eigenvalue weighted by molar-refractivity contribution is 9.10. The van der Waals surface area contributed by atoms with Gasteiger partial charge in [0.05, 0.1) is 0 Å². The van der Waals surface area contributed by atoms with E-state index in [-0.39, 0.29) is 5.75 Å². The van der Waals surface area contributed by atoms with Crippen molar-refractivity contribution in [2.24, 2.45) is 0 Å². The first kappa shape index (κ1) is 10.2. The van der Waals surface area contributed by atoms with Crippen LogP contribution in [-0.2, 0) is 6.42 Å². The SMILES string of the molecule is CCc1oc(Br)nc1-c1ccccc1O. The Kier molecular flexibility index (Phi) is 2.77. The van der Waals surface area contributed by atoms with E-state index in [0.717, 1.165) is 12.2 Å². The third-order valence-electron chi connectivity index (χ3n) is 2.15. The Balaban J connectivity index is 2.58.